The normalized spacial score (nSPS) is 21.9. The van der Waals surface area contributed by atoms with E-state index in [0.717, 1.165) is 29.7 Å². The highest BCUT2D eigenvalue weighted by Gasteiger charge is 2.18. The summed E-state index contributed by atoms with van der Waals surface area (Å²) in [5.41, 5.74) is 5.56. The quantitative estimate of drug-likeness (QED) is 0.605. The zero-order valence-electron chi connectivity index (χ0n) is 10.7. The number of ether oxygens (including phenoxy) is 1. The molecule has 0 aromatic carbocycles. The minimum absolute atomic E-state index is 0.347. The van der Waals surface area contributed by atoms with E-state index in [4.69, 9.17) is 4.74 Å². The summed E-state index contributed by atoms with van der Waals surface area (Å²) in [6.45, 7) is 10.1. The zero-order valence-corrected chi connectivity index (χ0v) is 10.7. The molecule has 17 heavy (non-hydrogen) atoms. The van der Waals surface area contributed by atoms with Crippen LogP contribution in [0, 0.1) is 5.92 Å². The monoisotopic (exact) mass is 236 g/mol. The van der Waals surface area contributed by atoms with Gasteiger partial charge >= 0.3 is 6.09 Å². The molecule has 0 aliphatic heterocycles. The van der Waals surface area contributed by atoms with Crippen LogP contribution >= 0.6 is 0 Å². The molecule has 4 nitrogen and oxygen atoms in total. The van der Waals surface area contributed by atoms with Crippen LogP contribution < -0.4 is 5.43 Å². The maximum atomic E-state index is 11.1. The molecule has 0 bridgehead atoms. The lowest BCUT2D eigenvalue weighted by molar-refractivity contribution is 0.152. The van der Waals surface area contributed by atoms with Crippen LogP contribution in [0.4, 0.5) is 4.79 Å². The maximum absolute atomic E-state index is 11.1. The SMILES string of the molecule is C=C(C)[C@@H]1CC=C(C)/C(=N/NC(=O)OCC)C1. The van der Waals surface area contributed by atoms with Crippen molar-refractivity contribution in [1.82, 2.24) is 5.43 Å². The average molecular weight is 236 g/mol. The first-order chi connectivity index (χ1) is 8.04. The van der Waals surface area contributed by atoms with Crippen molar-refractivity contribution in [2.75, 3.05) is 6.61 Å². The summed E-state index contributed by atoms with van der Waals surface area (Å²) in [6.07, 6.45) is 3.45. The summed E-state index contributed by atoms with van der Waals surface area (Å²) >= 11 is 0. The van der Waals surface area contributed by atoms with Crippen LogP contribution in [0.5, 0.6) is 0 Å². The Morgan fingerprint density at radius 3 is 3.00 bits per heavy atom. The number of nitrogens with zero attached hydrogens (tertiary/aromatic N) is 1. The number of rotatable bonds is 3. The lowest BCUT2D eigenvalue weighted by Gasteiger charge is -2.22. The average Bonchev–Trinajstić information content (AvgIpc) is 2.28. The minimum atomic E-state index is -0.509. The van der Waals surface area contributed by atoms with Crippen molar-refractivity contribution in [2.45, 2.75) is 33.6 Å². The standard InChI is InChI=1S/C13H20N2O2/c1-5-17-13(16)15-14-12-8-11(9(2)3)7-6-10(12)4/h6,11H,2,5,7-8H2,1,3-4H3,(H,15,16)/b14-12+/t11-/m1/s1. The summed E-state index contributed by atoms with van der Waals surface area (Å²) in [7, 11) is 0. The lowest BCUT2D eigenvalue weighted by atomic mass is 9.85. The fraction of sp³-hybridized carbons (Fsp3) is 0.538. The van der Waals surface area contributed by atoms with E-state index in [2.05, 4.69) is 23.2 Å². The van der Waals surface area contributed by atoms with Gasteiger partial charge in [-0.05, 0) is 45.1 Å². The van der Waals surface area contributed by atoms with Gasteiger partial charge in [-0.2, -0.15) is 5.10 Å². The van der Waals surface area contributed by atoms with Crippen LogP contribution in [0.15, 0.2) is 28.9 Å². The van der Waals surface area contributed by atoms with Crippen LogP contribution in [0.2, 0.25) is 0 Å². The summed E-state index contributed by atoms with van der Waals surface area (Å²) in [4.78, 5) is 11.1. The van der Waals surface area contributed by atoms with Gasteiger partial charge in [0.1, 0.15) is 0 Å². The number of amides is 1. The van der Waals surface area contributed by atoms with E-state index in [-0.39, 0.29) is 0 Å². The number of hydrazone groups is 1. The second kappa shape index (κ2) is 6.23. The van der Waals surface area contributed by atoms with E-state index in [1.165, 1.54) is 0 Å². The second-order valence-electron chi connectivity index (χ2n) is 4.26. The van der Waals surface area contributed by atoms with Gasteiger partial charge in [0.2, 0.25) is 0 Å². The third-order valence-electron chi connectivity index (χ3n) is 2.86. The van der Waals surface area contributed by atoms with Gasteiger partial charge in [-0.25, -0.2) is 10.2 Å². The van der Waals surface area contributed by atoms with Gasteiger partial charge in [-0.1, -0.05) is 18.2 Å². The van der Waals surface area contributed by atoms with Gasteiger partial charge in [-0.15, -0.1) is 0 Å². The van der Waals surface area contributed by atoms with Crippen molar-refractivity contribution in [1.29, 1.82) is 0 Å². The molecule has 1 aliphatic rings. The lowest BCUT2D eigenvalue weighted by Crippen LogP contribution is -2.23. The van der Waals surface area contributed by atoms with Gasteiger partial charge in [0.15, 0.2) is 0 Å². The number of nitrogens with one attached hydrogen (secondary N) is 1. The summed E-state index contributed by atoms with van der Waals surface area (Å²) in [5.74, 6) is 0.418. The molecular formula is C13H20N2O2. The number of hydrogen-bond acceptors (Lipinski definition) is 3. The molecule has 0 unspecified atom stereocenters. The first-order valence-electron chi connectivity index (χ1n) is 5.86. The molecule has 4 heteroatoms. The minimum Gasteiger partial charge on any atom is -0.449 e. The molecular weight excluding hydrogens is 216 g/mol. The Bertz CT molecular complexity index is 370. The molecule has 1 amide bonds. The second-order valence-corrected chi connectivity index (χ2v) is 4.26. The summed E-state index contributed by atoms with van der Waals surface area (Å²) in [5, 5.41) is 4.10. The van der Waals surface area contributed by atoms with Crippen LogP contribution in [0.1, 0.15) is 33.6 Å². The van der Waals surface area contributed by atoms with E-state index in [1.807, 2.05) is 13.8 Å². The molecule has 1 N–H and O–H groups in total. The molecule has 0 saturated carbocycles. The smallest absolute Gasteiger partial charge is 0.427 e. The highest BCUT2D eigenvalue weighted by Crippen LogP contribution is 2.26. The molecule has 0 aromatic rings. The first kappa shape index (κ1) is 13.5. The van der Waals surface area contributed by atoms with Crippen molar-refractivity contribution < 1.29 is 9.53 Å². The van der Waals surface area contributed by atoms with E-state index in [0.29, 0.717) is 12.5 Å². The molecule has 1 rings (SSSR count). The molecule has 0 heterocycles. The predicted octanol–water partition coefficient (Wildman–Crippen LogP) is 3.02. The Kier molecular flexibility index (Phi) is 4.94. The van der Waals surface area contributed by atoms with Crippen molar-refractivity contribution in [3.05, 3.63) is 23.8 Å². The third kappa shape index (κ3) is 4.06. The Morgan fingerprint density at radius 1 is 1.71 bits per heavy atom. The van der Waals surface area contributed by atoms with Gasteiger partial charge in [0, 0.05) is 0 Å². The predicted molar refractivity (Wildman–Crippen MR) is 68.9 cm³/mol. The molecule has 0 radical (unpaired) electrons. The number of carbonyl (C=O) groups excluding carboxylic acids is 1. The number of hydrogen-bond donors (Lipinski definition) is 1. The van der Waals surface area contributed by atoms with E-state index < -0.39 is 6.09 Å². The molecule has 1 atom stereocenters. The van der Waals surface area contributed by atoms with Crippen LogP contribution in [-0.4, -0.2) is 18.4 Å². The van der Waals surface area contributed by atoms with Gasteiger partial charge in [0.25, 0.3) is 0 Å². The van der Waals surface area contributed by atoms with E-state index in [9.17, 15) is 4.79 Å². The fourth-order valence-corrected chi connectivity index (χ4v) is 1.70. The number of allylic oxidation sites excluding steroid dienone is 3. The molecule has 1 aliphatic carbocycles. The Balaban J connectivity index is 2.65. The van der Waals surface area contributed by atoms with Crippen LogP contribution in [0.25, 0.3) is 0 Å². The van der Waals surface area contributed by atoms with E-state index >= 15 is 0 Å². The summed E-state index contributed by atoms with van der Waals surface area (Å²) < 4.78 is 4.75. The van der Waals surface area contributed by atoms with Crippen molar-refractivity contribution in [3.8, 4) is 0 Å². The van der Waals surface area contributed by atoms with Gasteiger partial charge in [0.05, 0.1) is 12.3 Å². The Morgan fingerprint density at radius 2 is 2.41 bits per heavy atom. The first-order valence-corrected chi connectivity index (χ1v) is 5.86. The molecule has 0 saturated heterocycles. The fourth-order valence-electron chi connectivity index (χ4n) is 1.70. The van der Waals surface area contributed by atoms with Crippen molar-refractivity contribution in [3.63, 3.8) is 0 Å². The molecule has 94 valence electrons. The Labute approximate surface area is 102 Å². The van der Waals surface area contributed by atoms with Gasteiger partial charge in [-0.3, -0.25) is 0 Å². The molecule has 0 fully saturated rings. The third-order valence-corrected chi connectivity index (χ3v) is 2.86. The largest absolute Gasteiger partial charge is 0.449 e. The van der Waals surface area contributed by atoms with Crippen LogP contribution in [-0.2, 0) is 4.74 Å². The van der Waals surface area contributed by atoms with Crippen LogP contribution in [0.3, 0.4) is 0 Å². The summed E-state index contributed by atoms with van der Waals surface area (Å²) in [6, 6.07) is 0. The zero-order chi connectivity index (χ0) is 12.8. The molecule has 0 spiro atoms. The topological polar surface area (TPSA) is 50.7 Å². The highest BCUT2D eigenvalue weighted by atomic mass is 16.5. The highest BCUT2D eigenvalue weighted by molar-refractivity contribution is 6.01. The van der Waals surface area contributed by atoms with Crippen molar-refractivity contribution >= 4 is 11.8 Å². The van der Waals surface area contributed by atoms with E-state index in [1.54, 1.807) is 6.92 Å². The van der Waals surface area contributed by atoms with Crippen molar-refractivity contribution in [2.24, 2.45) is 11.0 Å². The Hall–Kier alpha value is -1.58. The number of carbonyl (C=O) groups is 1. The van der Waals surface area contributed by atoms with Gasteiger partial charge < -0.3 is 4.74 Å². The molecule has 0 aromatic heterocycles. The maximum Gasteiger partial charge on any atom is 0.427 e.